The molecule has 4 nitrogen and oxygen atoms in total. The summed E-state index contributed by atoms with van der Waals surface area (Å²) in [5, 5.41) is 3.93. The van der Waals surface area contributed by atoms with Gasteiger partial charge in [0.25, 0.3) is 5.91 Å². The second-order valence-electron chi connectivity index (χ2n) is 4.08. The fraction of sp³-hybridized carbons (Fsp3) is 0.308. The average Bonchev–Trinajstić information content (AvgIpc) is 2.76. The first-order valence-corrected chi connectivity index (χ1v) is 5.58. The lowest BCUT2D eigenvalue weighted by molar-refractivity contribution is 0.0907. The maximum atomic E-state index is 12.1. The molecule has 2 aromatic rings. The molecule has 1 heterocycles. The minimum Gasteiger partial charge on any atom is -0.383 e. The zero-order chi connectivity index (χ0) is 12.3. The summed E-state index contributed by atoms with van der Waals surface area (Å²) in [6, 6.07) is 7.61. The molecule has 1 atom stereocenters. The van der Waals surface area contributed by atoms with E-state index in [0.29, 0.717) is 12.2 Å². The number of fused-ring (bicyclic) bond motifs is 1. The smallest absolute Gasteiger partial charge is 0.253 e. The number of benzene rings is 1. The van der Waals surface area contributed by atoms with E-state index in [0.717, 1.165) is 10.9 Å². The lowest BCUT2D eigenvalue weighted by Crippen LogP contribution is -2.35. The van der Waals surface area contributed by atoms with Crippen LogP contribution >= 0.6 is 0 Å². The van der Waals surface area contributed by atoms with Gasteiger partial charge in [-0.2, -0.15) is 0 Å². The zero-order valence-electron chi connectivity index (χ0n) is 9.99. The maximum absolute atomic E-state index is 12.1. The van der Waals surface area contributed by atoms with E-state index in [9.17, 15) is 4.79 Å². The van der Waals surface area contributed by atoms with Gasteiger partial charge in [0.05, 0.1) is 17.7 Å². The summed E-state index contributed by atoms with van der Waals surface area (Å²) in [5.74, 6) is -0.0809. The molecule has 0 spiro atoms. The third-order valence-electron chi connectivity index (χ3n) is 2.63. The molecule has 0 saturated carbocycles. The molecule has 2 N–H and O–H groups in total. The van der Waals surface area contributed by atoms with Crippen molar-refractivity contribution in [2.45, 2.75) is 13.0 Å². The van der Waals surface area contributed by atoms with Crippen molar-refractivity contribution >= 4 is 16.8 Å². The van der Waals surface area contributed by atoms with Gasteiger partial charge in [-0.3, -0.25) is 4.79 Å². The van der Waals surface area contributed by atoms with Crippen LogP contribution in [-0.4, -0.2) is 30.6 Å². The second-order valence-corrected chi connectivity index (χ2v) is 4.08. The van der Waals surface area contributed by atoms with Gasteiger partial charge in [-0.05, 0) is 19.1 Å². The van der Waals surface area contributed by atoms with E-state index in [1.807, 2.05) is 37.4 Å². The number of carbonyl (C=O) groups is 1. The molecule has 90 valence electrons. The number of aromatic amines is 1. The van der Waals surface area contributed by atoms with Crippen LogP contribution in [0, 0.1) is 0 Å². The number of aromatic nitrogens is 1. The number of rotatable bonds is 4. The molecule has 0 saturated heterocycles. The Labute approximate surface area is 100.0 Å². The van der Waals surface area contributed by atoms with E-state index in [4.69, 9.17) is 4.74 Å². The van der Waals surface area contributed by atoms with Gasteiger partial charge in [0, 0.05) is 24.7 Å². The van der Waals surface area contributed by atoms with Gasteiger partial charge in [-0.15, -0.1) is 0 Å². The van der Waals surface area contributed by atoms with Crippen molar-refractivity contribution in [3.05, 3.63) is 36.0 Å². The van der Waals surface area contributed by atoms with Crippen molar-refractivity contribution in [1.82, 2.24) is 10.3 Å². The lowest BCUT2D eigenvalue weighted by Gasteiger charge is -2.13. The number of hydrogen-bond acceptors (Lipinski definition) is 2. The molecular weight excluding hydrogens is 216 g/mol. The van der Waals surface area contributed by atoms with Gasteiger partial charge in [0.15, 0.2) is 0 Å². The van der Waals surface area contributed by atoms with Gasteiger partial charge in [0.1, 0.15) is 0 Å². The Morgan fingerprint density at radius 3 is 3.06 bits per heavy atom. The standard InChI is InChI=1S/C13H16N2O2/c1-9(8-17-2)15-13(16)11-5-3-4-10-6-7-14-12(10)11/h3-7,9,14H,8H2,1-2H3,(H,15,16). The quantitative estimate of drug-likeness (QED) is 0.846. The van der Waals surface area contributed by atoms with E-state index in [1.165, 1.54) is 0 Å². The molecule has 2 rings (SSSR count). The summed E-state index contributed by atoms with van der Waals surface area (Å²) in [7, 11) is 1.62. The molecule has 4 heteroatoms. The monoisotopic (exact) mass is 232 g/mol. The summed E-state index contributed by atoms with van der Waals surface area (Å²) in [5.41, 5.74) is 1.53. The van der Waals surface area contributed by atoms with Gasteiger partial charge in [-0.25, -0.2) is 0 Å². The Morgan fingerprint density at radius 2 is 2.29 bits per heavy atom. The van der Waals surface area contributed by atoms with Crippen molar-refractivity contribution in [3.63, 3.8) is 0 Å². The summed E-state index contributed by atoms with van der Waals surface area (Å²) in [6.45, 7) is 2.42. The first kappa shape index (κ1) is 11.7. The minimum absolute atomic E-state index is 0.00211. The van der Waals surface area contributed by atoms with E-state index >= 15 is 0 Å². The number of carbonyl (C=O) groups excluding carboxylic acids is 1. The molecule has 1 aromatic carbocycles. The normalized spacial score (nSPS) is 12.6. The van der Waals surface area contributed by atoms with Crippen molar-refractivity contribution in [2.75, 3.05) is 13.7 Å². The Balaban J connectivity index is 2.21. The fourth-order valence-corrected chi connectivity index (χ4v) is 1.87. The average molecular weight is 232 g/mol. The highest BCUT2D eigenvalue weighted by molar-refractivity contribution is 6.05. The molecule has 1 amide bonds. The summed E-state index contributed by atoms with van der Waals surface area (Å²) < 4.78 is 4.99. The van der Waals surface area contributed by atoms with E-state index < -0.39 is 0 Å². The van der Waals surface area contributed by atoms with Gasteiger partial charge in [0.2, 0.25) is 0 Å². The molecular formula is C13H16N2O2. The molecule has 0 aliphatic rings. The molecule has 0 fully saturated rings. The predicted molar refractivity (Wildman–Crippen MR) is 67.1 cm³/mol. The Hall–Kier alpha value is -1.81. The number of hydrogen-bond donors (Lipinski definition) is 2. The van der Waals surface area contributed by atoms with Crippen LogP contribution in [0.4, 0.5) is 0 Å². The van der Waals surface area contributed by atoms with Crippen LogP contribution in [0.25, 0.3) is 10.9 Å². The largest absolute Gasteiger partial charge is 0.383 e. The van der Waals surface area contributed by atoms with Crippen molar-refractivity contribution in [2.24, 2.45) is 0 Å². The Morgan fingerprint density at radius 1 is 1.47 bits per heavy atom. The van der Waals surface area contributed by atoms with Crippen molar-refractivity contribution < 1.29 is 9.53 Å². The van der Waals surface area contributed by atoms with E-state index in [-0.39, 0.29) is 11.9 Å². The van der Waals surface area contributed by atoms with Crippen LogP contribution in [0.3, 0.4) is 0 Å². The van der Waals surface area contributed by atoms with Gasteiger partial charge in [-0.1, -0.05) is 12.1 Å². The molecule has 0 radical (unpaired) electrons. The third-order valence-corrected chi connectivity index (χ3v) is 2.63. The van der Waals surface area contributed by atoms with E-state index in [1.54, 1.807) is 7.11 Å². The summed E-state index contributed by atoms with van der Waals surface area (Å²) in [4.78, 5) is 15.1. The van der Waals surface area contributed by atoms with Crippen LogP contribution in [0.2, 0.25) is 0 Å². The van der Waals surface area contributed by atoms with Crippen LogP contribution in [-0.2, 0) is 4.74 Å². The van der Waals surface area contributed by atoms with Crippen LogP contribution in [0.1, 0.15) is 17.3 Å². The molecule has 17 heavy (non-hydrogen) atoms. The number of H-pyrrole nitrogens is 1. The summed E-state index contributed by atoms with van der Waals surface area (Å²) in [6.07, 6.45) is 1.83. The fourth-order valence-electron chi connectivity index (χ4n) is 1.87. The number of methoxy groups -OCH3 is 1. The number of amides is 1. The topological polar surface area (TPSA) is 54.1 Å². The first-order chi connectivity index (χ1) is 8.22. The second kappa shape index (κ2) is 5.01. The van der Waals surface area contributed by atoms with Crippen molar-refractivity contribution in [1.29, 1.82) is 0 Å². The van der Waals surface area contributed by atoms with Crippen LogP contribution < -0.4 is 5.32 Å². The predicted octanol–water partition coefficient (Wildman–Crippen LogP) is 1.93. The zero-order valence-corrected chi connectivity index (χ0v) is 9.99. The molecule has 0 aliphatic heterocycles. The maximum Gasteiger partial charge on any atom is 0.253 e. The van der Waals surface area contributed by atoms with Gasteiger partial charge >= 0.3 is 0 Å². The Kier molecular flexibility index (Phi) is 3.44. The highest BCUT2D eigenvalue weighted by Gasteiger charge is 2.12. The SMILES string of the molecule is COCC(C)NC(=O)c1cccc2cc[nH]c12. The lowest BCUT2D eigenvalue weighted by atomic mass is 10.1. The highest BCUT2D eigenvalue weighted by atomic mass is 16.5. The van der Waals surface area contributed by atoms with Crippen LogP contribution in [0.15, 0.2) is 30.5 Å². The minimum atomic E-state index is -0.0809. The highest BCUT2D eigenvalue weighted by Crippen LogP contribution is 2.16. The van der Waals surface area contributed by atoms with Crippen LogP contribution in [0.5, 0.6) is 0 Å². The van der Waals surface area contributed by atoms with E-state index in [2.05, 4.69) is 10.3 Å². The van der Waals surface area contributed by atoms with Gasteiger partial charge < -0.3 is 15.0 Å². The molecule has 0 bridgehead atoms. The van der Waals surface area contributed by atoms with Crippen molar-refractivity contribution in [3.8, 4) is 0 Å². The Bertz CT molecular complexity index is 519. The first-order valence-electron chi connectivity index (χ1n) is 5.58. The number of nitrogens with one attached hydrogen (secondary N) is 2. The number of para-hydroxylation sites is 1. The molecule has 1 unspecified atom stereocenters. The summed E-state index contributed by atoms with van der Waals surface area (Å²) >= 11 is 0. The number of ether oxygens (including phenoxy) is 1. The molecule has 1 aromatic heterocycles. The molecule has 0 aliphatic carbocycles. The third kappa shape index (κ3) is 2.47.